The van der Waals surface area contributed by atoms with Crippen molar-refractivity contribution in [2.75, 3.05) is 0 Å². The highest BCUT2D eigenvalue weighted by atomic mass is 19.4. The van der Waals surface area contributed by atoms with Gasteiger partial charge in [-0.2, -0.15) is 26.3 Å². The molecule has 0 saturated carbocycles. The zero-order valence-electron chi connectivity index (χ0n) is 12.2. The Kier molecular flexibility index (Phi) is 4.52. The van der Waals surface area contributed by atoms with E-state index in [1.54, 1.807) is 12.2 Å². The first-order valence-corrected chi connectivity index (χ1v) is 6.87. The number of nitrogens with two attached hydrogens (primary N) is 1. The van der Waals surface area contributed by atoms with Crippen molar-refractivity contribution in [3.05, 3.63) is 59.2 Å². The van der Waals surface area contributed by atoms with Gasteiger partial charge in [0, 0.05) is 0 Å². The first kappa shape index (κ1) is 18.1. The molecule has 130 valence electrons. The van der Waals surface area contributed by atoms with E-state index in [-0.39, 0.29) is 24.5 Å². The summed E-state index contributed by atoms with van der Waals surface area (Å²) in [5, 5.41) is 0. The summed E-state index contributed by atoms with van der Waals surface area (Å²) >= 11 is 0. The summed E-state index contributed by atoms with van der Waals surface area (Å²) in [6, 6.07) is 1.29. The monoisotopic (exact) mass is 349 g/mol. The fraction of sp³-hybridized carbons (Fsp3) is 0.312. The molecule has 1 amide bonds. The van der Waals surface area contributed by atoms with Gasteiger partial charge in [0.15, 0.2) is 0 Å². The molecule has 1 unspecified atom stereocenters. The second-order valence-electron chi connectivity index (χ2n) is 5.60. The number of alkyl halides is 6. The van der Waals surface area contributed by atoms with E-state index in [1.165, 1.54) is 12.2 Å². The average molecular weight is 349 g/mol. The van der Waals surface area contributed by atoms with Crippen molar-refractivity contribution in [1.82, 2.24) is 0 Å². The summed E-state index contributed by atoms with van der Waals surface area (Å²) in [6.45, 7) is 0. The van der Waals surface area contributed by atoms with Gasteiger partial charge in [-0.15, -0.1) is 0 Å². The zero-order valence-corrected chi connectivity index (χ0v) is 12.2. The number of benzene rings is 1. The zero-order chi connectivity index (χ0) is 18.2. The minimum Gasteiger partial charge on any atom is -0.369 e. The molecular weight excluding hydrogens is 336 g/mol. The maximum atomic E-state index is 12.9. The highest BCUT2D eigenvalue weighted by molar-refractivity contribution is 5.84. The van der Waals surface area contributed by atoms with Crippen molar-refractivity contribution in [1.29, 1.82) is 0 Å². The summed E-state index contributed by atoms with van der Waals surface area (Å²) < 4.78 is 77.3. The quantitative estimate of drug-likeness (QED) is 0.815. The summed E-state index contributed by atoms with van der Waals surface area (Å²) in [5.74, 6) is -0.811. The lowest BCUT2D eigenvalue weighted by Crippen LogP contribution is -2.37. The number of carbonyl (C=O) groups excluding carboxylic acids is 1. The van der Waals surface area contributed by atoms with Crippen molar-refractivity contribution in [2.45, 2.75) is 25.2 Å². The third-order valence-corrected chi connectivity index (χ3v) is 3.80. The molecular formula is C16H13F6NO. The van der Waals surface area contributed by atoms with Crippen LogP contribution in [0.25, 0.3) is 0 Å². The minimum atomic E-state index is -4.93. The Hall–Kier alpha value is -2.25. The third kappa shape index (κ3) is 3.80. The SMILES string of the molecule is NC(=O)C1(Cc2cc(C(F)(F)F)cc(C(F)(F)F)c2)C=CC=CC1. The van der Waals surface area contributed by atoms with Crippen LogP contribution in [0.1, 0.15) is 23.1 Å². The highest BCUT2D eigenvalue weighted by Gasteiger charge is 2.39. The van der Waals surface area contributed by atoms with Crippen LogP contribution < -0.4 is 5.73 Å². The first-order chi connectivity index (χ1) is 10.9. The van der Waals surface area contributed by atoms with Gasteiger partial charge in [0.1, 0.15) is 0 Å². The van der Waals surface area contributed by atoms with Crippen molar-refractivity contribution < 1.29 is 31.1 Å². The number of hydrogen-bond acceptors (Lipinski definition) is 1. The number of carbonyl (C=O) groups is 1. The molecule has 1 aliphatic carbocycles. The Balaban J connectivity index is 2.51. The van der Waals surface area contributed by atoms with Gasteiger partial charge in [-0.3, -0.25) is 4.79 Å². The molecule has 8 heteroatoms. The molecule has 0 radical (unpaired) electrons. The summed E-state index contributed by atoms with van der Waals surface area (Å²) in [5.41, 5.74) is 0.901. The standard InChI is InChI=1S/C16H13F6NO/c17-15(18,19)11-6-10(7-12(8-11)16(20,21)22)9-14(13(23)24)4-2-1-3-5-14/h1-4,6-8H,5,9H2,(H2,23,24). The molecule has 1 aliphatic rings. The highest BCUT2D eigenvalue weighted by Crippen LogP contribution is 2.39. The van der Waals surface area contributed by atoms with E-state index < -0.39 is 34.8 Å². The Bertz CT molecular complexity index is 669. The van der Waals surface area contributed by atoms with E-state index >= 15 is 0 Å². The maximum Gasteiger partial charge on any atom is 0.416 e. The molecule has 1 atom stereocenters. The Labute approximate surface area is 133 Å². The second-order valence-corrected chi connectivity index (χ2v) is 5.60. The molecule has 2 N–H and O–H groups in total. The van der Waals surface area contributed by atoms with Crippen LogP contribution >= 0.6 is 0 Å². The molecule has 0 saturated heterocycles. The average Bonchev–Trinajstić information content (AvgIpc) is 2.46. The largest absolute Gasteiger partial charge is 0.416 e. The molecule has 0 bridgehead atoms. The maximum absolute atomic E-state index is 12.9. The Morgan fingerprint density at radius 2 is 1.54 bits per heavy atom. The number of allylic oxidation sites excluding steroid dienone is 3. The first-order valence-electron chi connectivity index (χ1n) is 6.87. The third-order valence-electron chi connectivity index (χ3n) is 3.80. The van der Waals surface area contributed by atoms with Crippen LogP contribution in [-0.4, -0.2) is 5.91 Å². The lowest BCUT2D eigenvalue weighted by Gasteiger charge is -2.28. The number of rotatable bonds is 3. The van der Waals surface area contributed by atoms with Crippen LogP contribution in [-0.2, 0) is 23.6 Å². The van der Waals surface area contributed by atoms with E-state index in [1.807, 2.05) is 0 Å². The van der Waals surface area contributed by atoms with E-state index in [2.05, 4.69) is 0 Å². The number of amides is 1. The van der Waals surface area contributed by atoms with Gasteiger partial charge in [0.2, 0.25) is 5.91 Å². The van der Waals surface area contributed by atoms with Crippen LogP contribution in [0.2, 0.25) is 0 Å². The van der Waals surface area contributed by atoms with E-state index in [4.69, 9.17) is 5.73 Å². The van der Waals surface area contributed by atoms with Gasteiger partial charge < -0.3 is 5.73 Å². The molecule has 1 aromatic rings. The fourth-order valence-electron chi connectivity index (χ4n) is 2.55. The smallest absolute Gasteiger partial charge is 0.369 e. The lowest BCUT2D eigenvalue weighted by molar-refractivity contribution is -0.143. The van der Waals surface area contributed by atoms with Gasteiger partial charge in [0.05, 0.1) is 16.5 Å². The van der Waals surface area contributed by atoms with Gasteiger partial charge in [-0.25, -0.2) is 0 Å². The van der Waals surface area contributed by atoms with E-state index in [9.17, 15) is 31.1 Å². The van der Waals surface area contributed by atoms with Crippen molar-refractivity contribution in [2.24, 2.45) is 11.1 Å². The predicted molar refractivity (Wildman–Crippen MR) is 74.7 cm³/mol. The topological polar surface area (TPSA) is 43.1 Å². The van der Waals surface area contributed by atoms with Crippen LogP contribution in [0, 0.1) is 5.41 Å². The van der Waals surface area contributed by atoms with E-state index in [0.29, 0.717) is 12.1 Å². The van der Waals surface area contributed by atoms with Crippen LogP contribution in [0.15, 0.2) is 42.5 Å². The van der Waals surface area contributed by atoms with E-state index in [0.717, 1.165) is 0 Å². The summed E-state index contributed by atoms with van der Waals surface area (Å²) in [7, 11) is 0. The van der Waals surface area contributed by atoms with Crippen LogP contribution in [0.4, 0.5) is 26.3 Å². The molecule has 0 aromatic heterocycles. The summed E-state index contributed by atoms with van der Waals surface area (Å²) in [4.78, 5) is 11.7. The molecule has 0 fully saturated rings. The number of primary amides is 1. The lowest BCUT2D eigenvalue weighted by atomic mass is 9.75. The van der Waals surface area contributed by atoms with Crippen molar-refractivity contribution in [3.8, 4) is 0 Å². The number of halogens is 6. The van der Waals surface area contributed by atoms with Crippen molar-refractivity contribution in [3.63, 3.8) is 0 Å². The molecule has 0 heterocycles. The molecule has 0 spiro atoms. The Morgan fingerprint density at radius 1 is 1.00 bits per heavy atom. The van der Waals surface area contributed by atoms with Crippen molar-refractivity contribution >= 4 is 5.91 Å². The van der Waals surface area contributed by atoms with Gasteiger partial charge in [-0.05, 0) is 36.6 Å². The fourth-order valence-corrected chi connectivity index (χ4v) is 2.55. The van der Waals surface area contributed by atoms with Gasteiger partial charge in [-0.1, -0.05) is 24.3 Å². The van der Waals surface area contributed by atoms with Gasteiger partial charge in [0.25, 0.3) is 0 Å². The summed E-state index contributed by atoms with van der Waals surface area (Å²) in [6.07, 6.45) is -4.00. The minimum absolute atomic E-state index is 0.0526. The predicted octanol–water partition coefficient (Wildman–Crippen LogP) is 4.25. The normalized spacial score (nSPS) is 21.1. The second kappa shape index (κ2) is 5.99. The van der Waals surface area contributed by atoms with Crippen LogP contribution in [0.3, 0.4) is 0 Å². The molecule has 24 heavy (non-hydrogen) atoms. The Morgan fingerprint density at radius 3 is 1.92 bits per heavy atom. The number of hydrogen-bond donors (Lipinski definition) is 1. The van der Waals surface area contributed by atoms with Gasteiger partial charge >= 0.3 is 12.4 Å². The molecule has 0 aliphatic heterocycles. The molecule has 1 aromatic carbocycles. The van der Waals surface area contributed by atoms with Crippen LogP contribution in [0.5, 0.6) is 0 Å². The molecule has 2 nitrogen and oxygen atoms in total. The molecule has 2 rings (SSSR count).